The van der Waals surface area contributed by atoms with Gasteiger partial charge in [0.2, 0.25) is 5.91 Å². The van der Waals surface area contributed by atoms with Gasteiger partial charge >= 0.3 is 11.8 Å². The smallest absolute Gasteiger partial charge is 0.315 e. The van der Waals surface area contributed by atoms with Crippen molar-refractivity contribution in [1.29, 1.82) is 0 Å². The standard InChI is InChI=1S/C17H19N5O4/c1-9-4-13(21-25-9)19-15(23)7-14-20-17(26-22-14)16(24)18-8-12-6-10-2-3-11(12)5-10/h2-4,10-12H,5-8H2,1H3,(H,18,24)(H,19,21,23)/t10-,11+,12+/m1/s1. The number of rotatable bonds is 6. The monoisotopic (exact) mass is 357 g/mol. The van der Waals surface area contributed by atoms with Crippen LogP contribution in [0.25, 0.3) is 0 Å². The van der Waals surface area contributed by atoms with E-state index in [4.69, 9.17) is 9.05 Å². The lowest BCUT2D eigenvalue weighted by atomic mass is 9.94. The van der Waals surface area contributed by atoms with E-state index >= 15 is 0 Å². The first-order valence-corrected chi connectivity index (χ1v) is 8.59. The van der Waals surface area contributed by atoms with Crippen LogP contribution >= 0.6 is 0 Å². The number of aryl methyl sites for hydroxylation is 1. The molecular weight excluding hydrogens is 338 g/mol. The molecule has 0 spiro atoms. The van der Waals surface area contributed by atoms with E-state index in [9.17, 15) is 9.59 Å². The summed E-state index contributed by atoms with van der Waals surface area (Å²) in [6.07, 6.45) is 6.67. The summed E-state index contributed by atoms with van der Waals surface area (Å²) >= 11 is 0. The summed E-state index contributed by atoms with van der Waals surface area (Å²) in [6, 6.07) is 1.60. The Morgan fingerprint density at radius 3 is 2.81 bits per heavy atom. The quantitative estimate of drug-likeness (QED) is 0.751. The number of fused-ring (bicyclic) bond motifs is 2. The lowest BCUT2D eigenvalue weighted by Crippen LogP contribution is -2.31. The van der Waals surface area contributed by atoms with Crippen LogP contribution in [0.5, 0.6) is 0 Å². The maximum Gasteiger partial charge on any atom is 0.315 e. The third kappa shape index (κ3) is 3.51. The Morgan fingerprint density at radius 2 is 2.12 bits per heavy atom. The van der Waals surface area contributed by atoms with Crippen molar-refractivity contribution in [3.05, 3.63) is 35.7 Å². The maximum atomic E-state index is 12.2. The highest BCUT2D eigenvalue weighted by Crippen LogP contribution is 2.42. The molecule has 9 nitrogen and oxygen atoms in total. The molecule has 2 aromatic rings. The number of anilines is 1. The van der Waals surface area contributed by atoms with Gasteiger partial charge in [0.1, 0.15) is 5.76 Å². The molecule has 136 valence electrons. The molecule has 4 rings (SSSR count). The molecule has 0 unspecified atom stereocenters. The van der Waals surface area contributed by atoms with Gasteiger partial charge in [-0.05, 0) is 37.5 Å². The van der Waals surface area contributed by atoms with Crippen molar-refractivity contribution in [1.82, 2.24) is 20.6 Å². The van der Waals surface area contributed by atoms with Crippen molar-refractivity contribution < 1.29 is 18.6 Å². The van der Waals surface area contributed by atoms with Crippen LogP contribution in [0, 0.1) is 24.7 Å². The Labute approximate surface area is 149 Å². The van der Waals surface area contributed by atoms with Gasteiger partial charge in [-0.25, -0.2) is 0 Å². The lowest BCUT2D eigenvalue weighted by molar-refractivity contribution is -0.115. The largest absolute Gasteiger partial charge is 0.360 e. The molecule has 0 radical (unpaired) electrons. The molecule has 2 bridgehead atoms. The number of allylic oxidation sites excluding steroid dienone is 2. The van der Waals surface area contributed by atoms with Crippen molar-refractivity contribution in [2.75, 3.05) is 11.9 Å². The zero-order valence-electron chi connectivity index (χ0n) is 14.3. The van der Waals surface area contributed by atoms with Crippen LogP contribution in [0.3, 0.4) is 0 Å². The average molecular weight is 357 g/mol. The highest BCUT2D eigenvalue weighted by Gasteiger charge is 2.35. The minimum Gasteiger partial charge on any atom is -0.360 e. The second kappa shape index (κ2) is 6.74. The van der Waals surface area contributed by atoms with Crippen molar-refractivity contribution in [2.45, 2.75) is 26.2 Å². The Bertz CT molecular complexity index is 855. The van der Waals surface area contributed by atoms with Gasteiger partial charge in [-0.2, -0.15) is 4.98 Å². The molecule has 26 heavy (non-hydrogen) atoms. The van der Waals surface area contributed by atoms with Gasteiger partial charge in [0.15, 0.2) is 11.6 Å². The lowest BCUT2D eigenvalue weighted by Gasteiger charge is -2.17. The van der Waals surface area contributed by atoms with E-state index in [0.29, 0.717) is 35.9 Å². The fraction of sp³-hybridized carbons (Fsp3) is 0.471. The SMILES string of the molecule is Cc1cc(NC(=O)Cc2noc(C(=O)NC[C@@H]3C[C@@H]4C=C[C@H]3C4)n2)no1. The number of carbonyl (C=O) groups excluding carboxylic acids is 2. The summed E-state index contributed by atoms with van der Waals surface area (Å²) in [6.45, 7) is 2.31. The summed E-state index contributed by atoms with van der Waals surface area (Å²) in [5, 5.41) is 12.7. The second-order valence-electron chi connectivity index (χ2n) is 6.81. The zero-order valence-corrected chi connectivity index (χ0v) is 14.3. The Kier molecular flexibility index (Phi) is 4.27. The first-order valence-electron chi connectivity index (χ1n) is 8.59. The molecule has 0 aromatic carbocycles. The number of carbonyl (C=O) groups is 2. The number of nitrogens with zero attached hydrogens (tertiary/aromatic N) is 3. The van der Waals surface area contributed by atoms with E-state index in [1.807, 2.05) is 0 Å². The van der Waals surface area contributed by atoms with E-state index < -0.39 is 5.91 Å². The molecule has 2 aliphatic carbocycles. The molecule has 2 N–H and O–H groups in total. The second-order valence-corrected chi connectivity index (χ2v) is 6.81. The number of aromatic nitrogens is 3. The van der Waals surface area contributed by atoms with E-state index in [1.54, 1.807) is 13.0 Å². The van der Waals surface area contributed by atoms with Crippen molar-refractivity contribution in [2.24, 2.45) is 17.8 Å². The first kappa shape index (κ1) is 16.5. The molecule has 2 heterocycles. The number of hydrogen-bond donors (Lipinski definition) is 2. The van der Waals surface area contributed by atoms with E-state index in [2.05, 4.69) is 38.1 Å². The maximum absolute atomic E-state index is 12.2. The van der Waals surface area contributed by atoms with Gasteiger partial charge < -0.3 is 19.7 Å². The van der Waals surface area contributed by atoms with Gasteiger partial charge in [0.25, 0.3) is 0 Å². The van der Waals surface area contributed by atoms with E-state index in [0.717, 1.165) is 6.42 Å². The molecule has 1 saturated carbocycles. The predicted molar refractivity (Wildman–Crippen MR) is 89.0 cm³/mol. The highest BCUT2D eigenvalue weighted by molar-refractivity contribution is 5.91. The number of hydrogen-bond acceptors (Lipinski definition) is 7. The zero-order chi connectivity index (χ0) is 18.1. The van der Waals surface area contributed by atoms with Gasteiger partial charge in [0.05, 0.1) is 6.42 Å². The van der Waals surface area contributed by atoms with Crippen molar-refractivity contribution in [3.63, 3.8) is 0 Å². The number of amides is 2. The summed E-state index contributed by atoms with van der Waals surface area (Å²) in [5.74, 6) is 1.79. The van der Waals surface area contributed by atoms with Crippen LogP contribution in [-0.4, -0.2) is 33.7 Å². The predicted octanol–water partition coefficient (Wildman–Crippen LogP) is 1.49. The van der Waals surface area contributed by atoms with Crippen LogP contribution < -0.4 is 10.6 Å². The first-order chi connectivity index (χ1) is 12.6. The third-order valence-electron chi connectivity index (χ3n) is 4.82. The van der Waals surface area contributed by atoms with Crippen molar-refractivity contribution in [3.8, 4) is 0 Å². The topological polar surface area (TPSA) is 123 Å². The minimum absolute atomic E-state index is 0.125. The molecule has 1 fully saturated rings. The fourth-order valence-corrected chi connectivity index (χ4v) is 3.60. The summed E-state index contributed by atoms with van der Waals surface area (Å²) in [5.41, 5.74) is 0. The molecule has 9 heteroatoms. The van der Waals surface area contributed by atoms with Crippen LogP contribution in [0.4, 0.5) is 5.82 Å². The Balaban J connectivity index is 1.27. The molecule has 3 atom stereocenters. The molecular formula is C17H19N5O4. The average Bonchev–Trinajstić information content (AvgIpc) is 3.37. The normalized spacial score (nSPS) is 23.3. The highest BCUT2D eigenvalue weighted by atomic mass is 16.5. The fourth-order valence-electron chi connectivity index (χ4n) is 3.60. The van der Waals surface area contributed by atoms with Crippen LogP contribution in [0.2, 0.25) is 0 Å². The molecule has 2 aromatic heterocycles. The molecule has 0 aliphatic heterocycles. The van der Waals surface area contributed by atoms with Crippen LogP contribution in [0.15, 0.2) is 27.3 Å². The van der Waals surface area contributed by atoms with E-state index in [-0.39, 0.29) is 24.0 Å². The Hall–Kier alpha value is -2.97. The summed E-state index contributed by atoms with van der Waals surface area (Å²) < 4.78 is 9.82. The summed E-state index contributed by atoms with van der Waals surface area (Å²) in [7, 11) is 0. The molecule has 2 amide bonds. The molecule has 2 aliphatic rings. The van der Waals surface area contributed by atoms with E-state index in [1.165, 1.54) is 6.42 Å². The molecule has 0 saturated heterocycles. The van der Waals surface area contributed by atoms with Crippen LogP contribution in [-0.2, 0) is 11.2 Å². The minimum atomic E-state index is -0.414. The van der Waals surface area contributed by atoms with Gasteiger partial charge in [-0.1, -0.05) is 22.5 Å². The van der Waals surface area contributed by atoms with Crippen molar-refractivity contribution >= 4 is 17.6 Å². The third-order valence-corrected chi connectivity index (χ3v) is 4.82. The van der Waals surface area contributed by atoms with Gasteiger partial charge in [-0.15, -0.1) is 0 Å². The number of nitrogens with one attached hydrogen (secondary N) is 2. The van der Waals surface area contributed by atoms with Gasteiger partial charge in [0, 0.05) is 12.6 Å². The van der Waals surface area contributed by atoms with Gasteiger partial charge in [-0.3, -0.25) is 9.59 Å². The Morgan fingerprint density at radius 1 is 1.23 bits per heavy atom. The van der Waals surface area contributed by atoms with Crippen LogP contribution in [0.1, 0.15) is 35.1 Å². The summed E-state index contributed by atoms with van der Waals surface area (Å²) in [4.78, 5) is 28.1.